The Bertz CT molecular complexity index is 1290. The number of aryl methyl sites for hydroxylation is 1. The van der Waals surface area contributed by atoms with Crippen molar-refractivity contribution in [2.75, 3.05) is 42.6 Å². The first-order valence-corrected chi connectivity index (χ1v) is 11.9. The summed E-state index contributed by atoms with van der Waals surface area (Å²) in [6.45, 7) is 5.92. The lowest BCUT2D eigenvalue weighted by molar-refractivity contribution is -0.389. The molecule has 1 atom stereocenters. The largest absolute Gasteiger partial charge is 0.573 e. The van der Waals surface area contributed by atoms with Crippen molar-refractivity contribution in [3.63, 3.8) is 0 Å². The average molecular weight is 534 g/mol. The highest BCUT2D eigenvalue weighted by Gasteiger charge is 2.31. The summed E-state index contributed by atoms with van der Waals surface area (Å²) in [5.74, 6) is 0.135. The number of nitrogens with zero attached hydrogens (tertiary/aromatic N) is 7. The Kier molecular flexibility index (Phi) is 6.93. The molecule has 38 heavy (non-hydrogen) atoms. The standard InChI is InChI=1S/C23H25F3N8O4/c1-15-16(10-27-17-12-33-13-20(34(35)36)30-22(33)37-14-17)11-28-21(29-15)32-8-6-31(7-9-32)18-2-4-19(5-3-18)38-23(24,25)26/h2-5,11,13,17,27H,6-10,12,14H2,1H3/t17-/m0/s1. The first-order valence-electron chi connectivity index (χ1n) is 11.9. The molecular weight excluding hydrogens is 509 g/mol. The zero-order chi connectivity index (χ0) is 26.9. The number of halogens is 3. The Hall–Kier alpha value is -4.14. The zero-order valence-electron chi connectivity index (χ0n) is 20.4. The van der Waals surface area contributed by atoms with Crippen LogP contribution < -0.4 is 24.6 Å². The number of hydrogen-bond acceptors (Lipinski definition) is 10. The SMILES string of the molecule is Cc1nc(N2CCN(c3ccc(OC(F)(F)F)cc3)CC2)ncc1CN[C@@H]1COc2nc([N+](=O)[O-])cn2C1. The van der Waals surface area contributed by atoms with E-state index in [1.807, 2.05) is 6.92 Å². The number of ether oxygens (including phenoxy) is 2. The Morgan fingerprint density at radius 2 is 1.87 bits per heavy atom. The van der Waals surface area contributed by atoms with Crippen molar-refractivity contribution in [2.45, 2.75) is 32.4 Å². The van der Waals surface area contributed by atoms with E-state index in [2.05, 4.69) is 34.8 Å². The number of aromatic nitrogens is 4. The van der Waals surface area contributed by atoms with Crippen LogP contribution in [0.3, 0.4) is 0 Å². The van der Waals surface area contributed by atoms with Crippen molar-refractivity contribution in [3.05, 3.63) is 58.0 Å². The van der Waals surface area contributed by atoms with Crippen LogP contribution in [0, 0.1) is 17.0 Å². The molecule has 2 aliphatic heterocycles. The second kappa shape index (κ2) is 10.3. The van der Waals surface area contributed by atoms with Gasteiger partial charge in [-0.05, 0) is 36.1 Å². The van der Waals surface area contributed by atoms with Crippen LogP contribution in [0.4, 0.5) is 30.6 Å². The van der Waals surface area contributed by atoms with E-state index in [1.165, 1.54) is 18.3 Å². The molecule has 0 amide bonds. The van der Waals surface area contributed by atoms with Crippen LogP contribution in [-0.4, -0.2) is 69.6 Å². The first kappa shape index (κ1) is 25.5. The highest BCUT2D eigenvalue weighted by Crippen LogP contribution is 2.26. The molecule has 2 aliphatic rings. The smallest absolute Gasteiger partial charge is 0.444 e. The summed E-state index contributed by atoms with van der Waals surface area (Å²) >= 11 is 0. The third-order valence-corrected chi connectivity index (χ3v) is 6.39. The van der Waals surface area contributed by atoms with Gasteiger partial charge in [-0.15, -0.1) is 13.2 Å². The number of rotatable bonds is 7. The summed E-state index contributed by atoms with van der Waals surface area (Å²) in [6, 6.07) is 6.04. The van der Waals surface area contributed by atoms with E-state index in [-0.39, 0.29) is 23.6 Å². The molecule has 0 unspecified atom stereocenters. The van der Waals surface area contributed by atoms with Crippen molar-refractivity contribution < 1.29 is 27.6 Å². The summed E-state index contributed by atoms with van der Waals surface area (Å²) < 4.78 is 48.2. The molecule has 202 valence electrons. The molecule has 1 fully saturated rings. The van der Waals surface area contributed by atoms with Crippen LogP contribution in [0.1, 0.15) is 11.3 Å². The molecule has 15 heteroatoms. The van der Waals surface area contributed by atoms with Gasteiger partial charge in [-0.2, -0.15) is 0 Å². The highest BCUT2D eigenvalue weighted by atomic mass is 19.4. The van der Waals surface area contributed by atoms with Gasteiger partial charge in [-0.25, -0.2) is 9.97 Å². The molecule has 4 heterocycles. The Balaban J connectivity index is 1.12. The quantitative estimate of drug-likeness (QED) is 0.357. The third-order valence-electron chi connectivity index (χ3n) is 6.39. The maximum Gasteiger partial charge on any atom is 0.573 e. The fourth-order valence-electron chi connectivity index (χ4n) is 4.39. The summed E-state index contributed by atoms with van der Waals surface area (Å²) in [4.78, 5) is 27.6. The van der Waals surface area contributed by atoms with Gasteiger partial charge in [0, 0.05) is 67.4 Å². The van der Waals surface area contributed by atoms with Gasteiger partial charge in [-0.1, -0.05) is 0 Å². The summed E-state index contributed by atoms with van der Waals surface area (Å²) in [5, 5.41) is 14.3. The molecule has 5 rings (SSSR count). The third kappa shape index (κ3) is 5.88. The number of nitro groups is 1. The van der Waals surface area contributed by atoms with Gasteiger partial charge < -0.3 is 34.7 Å². The molecule has 0 spiro atoms. The minimum atomic E-state index is -4.71. The minimum absolute atomic E-state index is 0.0578. The van der Waals surface area contributed by atoms with Gasteiger partial charge in [0.05, 0.1) is 6.04 Å². The Morgan fingerprint density at radius 3 is 2.53 bits per heavy atom. The second-order valence-corrected chi connectivity index (χ2v) is 8.98. The van der Waals surface area contributed by atoms with E-state index >= 15 is 0 Å². The van der Waals surface area contributed by atoms with Gasteiger partial charge in [-0.3, -0.25) is 4.57 Å². The maximum atomic E-state index is 12.4. The number of alkyl halides is 3. The van der Waals surface area contributed by atoms with Crippen LogP contribution in [0.5, 0.6) is 11.8 Å². The number of fused-ring (bicyclic) bond motifs is 1. The van der Waals surface area contributed by atoms with Crippen molar-refractivity contribution in [3.8, 4) is 11.8 Å². The molecule has 1 saturated heterocycles. The lowest BCUT2D eigenvalue weighted by Crippen LogP contribution is -2.47. The molecule has 1 aromatic carbocycles. The van der Waals surface area contributed by atoms with E-state index in [4.69, 9.17) is 4.74 Å². The molecular formula is C23H25F3N8O4. The van der Waals surface area contributed by atoms with Gasteiger partial charge in [0.15, 0.2) is 0 Å². The number of imidazole rings is 1. The van der Waals surface area contributed by atoms with E-state index < -0.39 is 11.3 Å². The van der Waals surface area contributed by atoms with Gasteiger partial charge in [0.2, 0.25) is 5.95 Å². The number of hydrogen-bond donors (Lipinski definition) is 1. The molecule has 0 saturated carbocycles. The molecule has 3 aromatic rings. The number of piperazine rings is 1. The molecule has 0 aliphatic carbocycles. The average Bonchev–Trinajstić information content (AvgIpc) is 3.32. The maximum absolute atomic E-state index is 12.4. The predicted octanol–water partition coefficient (Wildman–Crippen LogP) is 2.67. The van der Waals surface area contributed by atoms with Gasteiger partial charge >= 0.3 is 18.2 Å². The van der Waals surface area contributed by atoms with Crippen LogP contribution in [0.25, 0.3) is 0 Å². The lowest BCUT2D eigenvalue weighted by atomic mass is 10.2. The summed E-state index contributed by atoms with van der Waals surface area (Å²) in [6.07, 6.45) is -1.56. The number of nitrogens with one attached hydrogen (secondary N) is 1. The van der Waals surface area contributed by atoms with Crippen LogP contribution in [0.15, 0.2) is 36.7 Å². The monoisotopic (exact) mass is 534 g/mol. The lowest BCUT2D eigenvalue weighted by Gasteiger charge is -2.36. The Morgan fingerprint density at radius 1 is 1.16 bits per heavy atom. The first-order chi connectivity index (χ1) is 18.1. The van der Waals surface area contributed by atoms with Crippen LogP contribution >= 0.6 is 0 Å². The molecule has 0 radical (unpaired) electrons. The molecule has 0 bridgehead atoms. The number of anilines is 2. The second-order valence-electron chi connectivity index (χ2n) is 8.98. The van der Waals surface area contributed by atoms with E-state index in [0.717, 1.165) is 16.9 Å². The normalized spacial score (nSPS) is 17.6. The van der Waals surface area contributed by atoms with Gasteiger partial charge in [0.1, 0.15) is 18.6 Å². The predicted molar refractivity (Wildman–Crippen MR) is 129 cm³/mol. The Labute approximate surface area is 215 Å². The van der Waals surface area contributed by atoms with Crippen LogP contribution in [-0.2, 0) is 13.1 Å². The highest BCUT2D eigenvalue weighted by molar-refractivity contribution is 5.51. The minimum Gasteiger partial charge on any atom is -0.444 e. The van der Waals surface area contributed by atoms with E-state index in [9.17, 15) is 23.3 Å². The summed E-state index contributed by atoms with van der Waals surface area (Å²) in [5.41, 5.74) is 2.58. The topological polar surface area (TPSA) is 124 Å². The van der Waals surface area contributed by atoms with Crippen LogP contribution in [0.2, 0.25) is 0 Å². The molecule has 2 aromatic heterocycles. The fraction of sp³-hybridized carbons (Fsp3) is 0.435. The summed E-state index contributed by atoms with van der Waals surface area (Å²) in [7, 11) is 0. The number of benzene rings is 1. The van der Waals surface area contributed by atoms with Crippen molar-refractivity contribution in [2.24, 2.45) is 0 Å². The van der Waals surface area contributed by atoms with Gasteiger partial charge in [0.25, 0.3) is 0 Å². The van der Waals surface area contributed by atoms with E-state index in [1.54, 1.807) is 22.9 Å². The van der Waals surface area contributed by atoms with Crippen molar-refractivity contribution >= 4 is 17.5 Å². The van der Waals surface area contributed by atoms with Crippen molar-refractivity contribution in [1.82, 2.24) is 24.8 Å². The van der Waals surface area contributed by atoms with Crippen molar-refractivity contribution in [1.29, 1.82) is 0 Å². The fourth-order valence-corrected chi connectivity index (χ4v) is 4.39. The zero-order valence-corrected chi connectivity index (χ0v) is 20.4. The van der Waals surface area contributed by atoms with E-state index in [0.29, 0.717) is 51.8 Å². The molecule has 1 N–H and O–H groups in total. The molecule has 12 nitrogen and oxygen atoms in total.